The molecule has 0 radical (unpaired) electrons. The van der Waals surface area contributed by atoms with Gasteiger partial charge in [-0.2, -0.15) is 0 Å². The van der Waals surface area contributed by atoms with Crippen LogP contribution >= 0.6 is 0 Å². The molecule has 2 aromatic carbocycles. The Kier molecular flexibility index (Phi) is 8.89. The van der Waals surface area contributed by atoms with Crippen LogP contribution in [0.5, 0.6) is 5.75 Å². The predicted molar refractivity (Wildman–Crippen MR) is 130 cm³/mol. The first-order valence-corrected chi connectivity index (χ1v) is 11.9. The number of rotatable bonds is 9. The van der Waals surface area contributed by atoms with Crippen LogP contribution in [-0.4, -0.2) is 36.0 Å². The standard InChI is InChI=1S/C27H28F6N2O4/c1-24(2,17-36)34-23(37)35-25(16-18-8-4-3-5-9-18,19-10-6-12-21(14-19)38-26(28,29)30)20-11-7-13-22(15-20)39-27(31,32)33/h3-6,8-10,12-15,36H,7,11,16-17H2,1-2H3,(H2,34,35,37). The molecule has 1 atom stereocenters. The third-order valence-corrected chi connectivity index (χ3v) is 5.90. The zero-order valence-corrected chi connectivity index (χ0v) is 21.1. The van der Waals surface area contributed by atoms with Crippen LogP contribution < -0.4 is 15.4 Å². The number of ether oxygens (including phenoxy) is 2. The first-order valence-electron chi connectivity index (χ1n) is 11.9. The van der Waals surface area contributed by atoms with Gasteiger partial charge in [0.1, 0.15) is 11.5 Å². The molecule has 3 N–H and O–H groups in total. The summed E-state index contributed by atoms with van der Waals surface area (Å²) < 4.78 is 86.6. The van der Waals surface area contributed by atoms with Gasteiger partial charge in [0.15, 0.2) is 0 Å². The number of hydrogen-bond donors (Lipinski definition) is 3. The minimum atomic E-state index is -5.00. The van der Waals surface area contributed by atoms with Crippen molar-refractivity contribution in [3.8, 4) is 5.75 Å². The second kappa shape index (κ2) is 11.6. The lowest BCUT2D eigenvalue weighted by Gasteiger charge is -2.40. The first kappa shape index (κ1) is 29.9. The highest BCUT2D eigenvalue weighted by Gasteiger charge is 2.41. The third kappa shape index (κ3) is 8.67. The zero-order valence-electron chi connectivity index (χ0n) is 21.1. The summed E-state index contributed by atoms with van der Waals surface area (Å²) in [5, 5.41) is 15.0. The van der Waals surface area contributed by atoms with Gasteiger partial charge >= 0.3 is 18.8 Å². The van der Waals surface area contributed by atoms with E-state index < -0.39 is 47.9 Å². The smallest absolute Gasteiger partial charge is 0.406 e. The summed E-state index contributed by atoms with van der Waals surface area (Å²) in [7, 11) is 0. The minimum absolute atomic E-state index is 0.0403. The first-order chi connectivity index (χ1) is 18.1. The molecular weight excluding hydrogens is 530 g/mol. The maximum absolute atomic E-state index is 13.3. The number of aliphatic hydroxyl groups is 1. The van der Waals surface area contributed by atoms with Gasteiger partial charge in [0.2, 0.25) is 0 Å². The number of carbonyl (C=O) groups excluding carboxylic acids is 1. The zero-order chi connectivity index (χ0) is 28.9. The van der Waals surface area contributed by atoms with Gasteiger partial charge in [-0.1, -0.05) is 42.5 Å². The molecule has 1 unspecified atom stereocenters. The highest BCUT2D eigenvalue weighted by Crippen LogP contribution is 2.41. The fraction of sp³-hybridized carbons (Fsp3) is 0.370. The Morgan fingerprint density at radius 1 is 0.923 bits per heavy atom. The molecular formula is C27H28F6N2O4. The van der Waals surface area contributed by atoms with Crippen molar-refractivity contribution in [2.75, 3.05) is 6.61 Å². The number of halogens is 6. The molecule has 0 fully saturated rings. The molecule has 0 saturated heterocycles. The number of aliphatic hydroxyl groups excluding tert-OH is 1. The van der Waals surface area contributed by atoms with Crippen LogP contribution in [0, 0.1) is 0 Å². The average molecular weight is 559 g/mol. The quantitative estimate of drug-likeness (QED) is 0.319. The average Bonchev–Trinajstić information content (AvgIpc) is 2.82. The lowest BCUT2D eigenvalue weighted by Crippen LogP contribution is -2.57. The van der Waals surface area contributed by atoms with E-state index >= 15 is 0 Å². The van der Waals surface area contributed by atoms with Crippen LogP contribution in [0.3, 0.4) is 0 Å². The van der Waals surface area contributed by atoms with Crippen LogP contribution in [0.15, 0.2) is 78.1 Å². The Labute approximate surface area is 221 Å². The van der Waals surface area contributed by atoms with Crippen molar-refractivity contribution in [1.82, 2.24) is 10.6 Å². The summed E-state index contributed by atoms with van der Waals surface area (Å²) in [5.41, 5.74) is -1.71. The SMILES string of the molecule is CC(C)(CO)NC(=O)NC(Cc1ccccc1)(C1=CC(OC(F)(F)F)=CCC1)c1cccc(OC(F)(F)F)c1. The highest BCUT2D eigenvalue weighted by molar-refractivity contribution is 5.77. The lowest BCUT2D eigenvalue weighted by atomic mass is 9.74. The molecule has 39 heavy (non-hydrogen) atoms. The second-order valence-corrected chi connectivity index (χ2v) is 9.63. The van der Waals surface area contributed by atoms with Crippen molar-refractivity contribution < 1.29 is 45.7 Å². The van der Waals surface area contributed by atoms with Crippen molar-refractivity contribution in [1.29, 1.82) is 0 Å². The Morgan fingerprint density at radius 2 is 1.59 bits per heavy atom. The summed E-state index contributed by atoms with van der Waals surface area (Å²) in [4.78, 5) is 13.3. The normalized spacial score (nSPS) is 15.9. The fourth-order valence-corrected chi connectivity index (χ4v) is 4.24. The molecule has 0 bridgehead atoms. The fourth-order valence-electron chi connectivity index (χ4n) is 4.24. The van der Waals surface area contributed by atoms with E-state index in [1.165, 1.54) is 18.2 Å². The van der Waals surface area contributed by atoms with Crippen LogP contribution in [-0.2, 0) is 16.7 Å². The van der Waals surface area contributed by atoms with E-state index in [0.29, 0.717) is 5.56 Å². The Bertz CT molecular complexity index is 1210. The molecule has 0 spiro atoms. The van der Waals surface area contributed by atoms with Gasteiger partial charge in [-0.15, -0.1) is 26.3 Å². The van der Waals surface area contributed by atoms with Crippen LogP contribution in [0.25, 0.3) is 0 Å². The van der Waals surface area contributed by atoms with E-state index in [4.69, 9.17) is 0 Å². The molecule has 2 amide bonds. The summed E-state index contributed by atoms with van der Waals surface area (Å²) in [5.74, 6) is -1.09. The Morgan fingerprint density at radius 3 is 2.21 bits per heavy atom. The van der Waals surface area contributed by atoms with E-state index in [1.807, 2.05) is 0 Å². The van der Waals surface area contributed by atoms with E-state index in [2.05, 4.69) is 20.1 Å². The Hall–Kier alpha value is -3.67. The molecule has 6 nitrogen and oxygen atoms in total. The van der Waals surface area contributed by atoms with Gasteiger partial charge in [0.25, 0.3) is 0 Å². The number of alkyl halides is 6. The summed E-state index contributed by atoms with van der Waals surface area (Å²) in [6.45, 7) is 2.65. The maximum atomic E-state index is 13.3. The molecule has 1 aliphatic rings. The van der Waals surface area contributed by atoms with E-state index in [9.17, 15) is 36.2 Å². The molecule has 1 aliphatic carbocycles. The van der Waals surface area contributed by atoms with Crippen LogP contribution in [0.2, 0.25) is 0 Å². The summed E-state index contributed by atoms with van der Waals surface area (Å²) >= 11 is 0. The van der Waals surface area contributed by atoms with Crippen molar-refractivity contribution >= 4 is 6.03 Å². The number of allylic oxidation sites excluding steroid dienone is 2. The molecule has 212 valence electrons. The van der Waals surface area contributed by atoms with Crippen molar-refractivity contribution in [2.45, 2.75) is 56.9 Å². The molecule has 0 saturated carbocycles. The number of nitrogens with one attached hydrogen (secondary N) is 2. The number of carbonyl (C=O) groups is 1. The second-order valence-electron chi connectivity index (χ2n) is 9.63. The van der Waals surface area contributed by atoms with Gasteiger partial charge in [-0.05, 0) is 67.7 Å². The molecule has 0 aromatic heterocycles. The summed E-state index contributed by atoms with van der Waals surface area (Å²) in [6.07, 6.45) is -7.39. The molecule has 0 aliphatic heterocycles. The van der Waals surface area contributed by atoms with E-state index in [1.54, 1.807) is 44.2 Å². The molecule has 3 rings (SSSR count). The van der Waals surface area contributed by atoms with Crippen molar-refractivity contribution in [3.05, 3.63) is 89.2 Å². The van der Waals surface area contributed by atoms with E-state index in [0.717, 1.165) is 18.2 Å². The van der Waals surface area contributed by atoms with Gasteiger partial charge in [0, 0.05) is 6.42 Å². The van der Waals surface area contributed by atoms with Crippen LogP contribution in [0.1, 0.15) is 37.8 Å². The molecule has 2 aromatic rings. The molecule has 0 heterocycles. The topological polar surface area (TPSA) is 79.8 Å². The Balaban J connectivity index is 2.22. The van der Waals surface area contributed by atoms with Gasteiger partial charge in [-0.3, -0.25) is 0 Å². The third-order valence-electron chi connectivity index (χ3n) is 5.90. The van der Waals surface area contributed by atoms with Crippen molar-refractivity contribution in [3.63, 3.8) is 0 Å². The minimum Gasteiger partial charge on any atom is -0.406 e. The lowest BCUT2D eigenvalue weighted by molar-refractivity contribution is -0.303. The van der Waals surface area contributed by atoms with Gasteiger partial charge in [-0.25, -0.2) is 4.79 Å². The summed E-state index contributed by atoms with van der Waals surface area (Å²) in [6, 6.07) is 12.7. The number of benzene rings is 2. The van der Waals surface area contributed by atoms with Gasteiger partial charge in [0.05, 0.1) is 17.7 Å². The van der Waals surface area contributed by atoms with Gasteiger partial charge < -0.3 is 25.2 Å². The molecule has 12 heteroatoms. The van der Waals surface area contributed by atoms with Crippen LogP contribution in [0.4, 0.5) is 31.1 Å². The van der Waals surface area contributed by atoms with Crippen molar-refractivity contribution in [2.24, 2.45) is 0 Å². The predicted octanol–water partition coefficient (Wildman–Crippen LogP) is 6.23. The maximum Gasteiger partial charge on any atom is 0.573 e. The highest BCUT2D eigenvalue weighted by atomic mass is 19.4. The van der Waals surface area contributed by atoms with E-state index in [-0.39, 0.29) is 30.4 Å². The monoisotopic (exact) mass is 558 g/mol. The number of urea groups is 1. The number of amides is 2. The largest absolute Gasteiger partial charge is 0.573 e. The number of hydrogen-bond acceptors (Lipinski definition) is 4.